The predicted octanol–water partition coefficient (Wildman–Crippen LogP) is 4.20. The second-order valence-corrected chi connectivity index (χ2v) is 7.61. The highest BCUT2D eigenvalue weighted by Gasteiger charge is 2.34. The van der Waals surface area contributed by atoms with Gasteiger partial charge in [-0.1, -0.05) is 12.1 Å². The third kappa shape index (κ3) is 5.68. The standard InChI is InChI=1S/C22H24F3N3O4/c1-32-18-5-2-15(3-6-18)8-11-26-21(29)16-9-12-27(13-10-16)19-7-4-17(22(23,24)25)14-20(19)28(30)31/h2-7,14,16H,8-13H2,1H3,(H,26,29). The van der Waals surface area contributed by atoms with Crippen molar-refractivity contribution in [2.75, 3.05) is 31.6 Å². The first-order valence-electron chi connectivity index (χ1n) is 10.2. The molecule has 0 unspecified atom stereocenters. The number of carbonyl (C=O) groups is 1. The minimum absolute atomic E-state index is 0.0833. The number of halogens is 3. The first-order chi connectivity index (χ1) is 15.2. The summed E-state index contributed by atoms with van der Waals surface area (Å²) in [5, 5.41) is 14.2. The van der Waals surface area contributed by atoms with E-state index in [-0.39, 0.29) is 17.5 Å². The second-order valence-electron chi connectivity index (χ2n) is 7.61. The number of methoxy groups -OCH3 is 1. The lowest BCUT2D eigenvalue weighted by Crippen LogP contribution is -2.41. The van der Waals surface area contributed by atoms with Gasteiger partial charge >= 0.3 is 6.18 Å². The van der Waals surface area contributed by atoms with Crippen LogP contribution in [-0.2, 0) is 17.4 Å². The van der Waals surface area contributed by atoms with Gasteiger partial charge in [0.25, 0.3) is 5.69 Å². The molecule has 2 aromatic rings. The molecule has 1 fully saturated rings. The van der Waals surface area contributed by atoms with Gasteiger partial charge in [0, 0.05) is 31.6 Å². The molecule has 0 saturated carbocycles. The fourth-order valence-corrected chi connectivity index (χ4v) is 3.76. The summed E-state index contributed by atoms with van der Waals surface area (Å²) in [4.78, 5) is 24.7. The SMILES string of the molecule is COc1ccc(CCNC(=O)C2CCN(c3ccc(C(F)(F)F)cc3[N+](=O)[O-])CC2)cc1. The highest BCUT2D eigenvalue weighted by Crippen LogP contribution is 2.37. The van der Waals surface area contributed by atoms with Crippen molar-refractivity contribution in [3.05, 3.63) is 63.7 Å². The molecule has 7 nitrogen and oxygen atoms in total. The van der Waals surface area contributed by atoms with Crippen LogP contribution in [0.4, 0.5) is 24.5 Å². The predicted molar refractivity (Wildman–Crippen MR) is 113 cm³/mol. The zero-order valence-electron chi connectivity index (χ0n) is 17.5. The molecule has 1 amide bonds. The Kier molecular flexibility index (Phi) is 7.22. The molecule has 1 N–H and O–H groups in total. The van der Waals surface area contributed by atoms with Crippen LogP contribution in [0.2, 0.25) is 0 Å². The van der Waals surface area contributed by atoms with E-state index in [9.17, 15) is 28.1 Å². The van der Waals surface area contributed by atoms with Crippen LogP contribution in [0.1, 0.15) is 24.0 Å². The summed E-state index contributed by atoms with van der Waals surface area (Å²) in [7, 11) is 1.59. The van der Waals surface area contributed by atoms with Gasteiger partial charge in [-0.25, -0.2) is 0 Å². The summed E-state index contributed by atoms with van der Waals surface area (Å²) in [5.74, 6) is 0.438. The quantitative estimate of drug-likeness (QED) is 0.504. The number of alkyl halides is 3. The van der Waals surface area contributed by atoms with Crippen molar-refractivity contribution in [1.29, 1.82) is 0 Å². The topological polar surface area (TPSA) is 84.7 Å². The Balaban J connectivity index is 1.54. The molecule has 0 atom stereocenters. The first-order valence-corrected chi connectivity index (χ1v) is 10.2. The molecule has 2 aromatic carbocycles. The number of benzene rings is 2. The van der Waals surface area contributed by atoms with E-state index < -0.39 is 22.4 Å². The molecule has 1 aliphatic rings. The Morgan fingerprint density at radius 3 is 2.41 bits per heavy atom. The highest BCUT2D eigenvalue weighted by atomic mass is 19.4. The summed E-state index contributed by atoms with van der Waals surface area (Å²) in [6, 6.07) is 10.1. The van der Waals surface area contributed by atoms with Gasteiger partial charge in [0.2, 0.25) is 5.91 Å². The maximum Gasteiger partial charge on any atom is 0.416 e. The number of rotatable bonds is 7. The first kappa shape index (κ1) is 23.4. The Morgan fingerprint density at radius 2 is 1.84 bits per heavy atom. The van der Waals surface area contributed by atoms with Crippen LogP contribution < -0.4 is 15.0 Å². The van der Waals surface area contributed by atoms with Gasteiger partial charge in [-0.3, -0.25) is 14.9 Å². The lowest BCUT2D eigenvalue weighted by Gasteiger charge is -2.32. The van der Waals surface area contributed by atoms with E-state index in [2.05, 4.69) is 5.32 Å². The Bertz CT molecular complexity index is 956. The molecular formula is C22H24F3N3O4. The number of nitro benzene ring substituents is 1. The molecule has 0 aliphatic carbocycles. The van der Waals surface area contributed by atoms with Crippen LogP contribution in [0.3, 0.4) is 0 Å². The number of hydrogen-bond acceptors (Lipinski definition) is 5. The molecule has 1 heterocycles. The van der Waals surface area contributed by atoms with Crippen LogP contribution >= 0.6 is 0 Å². The van der Waals surface area contributed by atoms with Gasteiger partial charge in [0.15, 0.2) is 0 Å². The number of nitrogens with zero attached hydrogens (tertiary/aromatic N) is 2. The molecule has 3 rings (SSSR count). The number of nitro groups is 1. The van der Waals surface area contributed by atoms with Crippen LogP contribution in [0.5, 0.6) is 5.75 Å². The molecule has 172 valence electrons. The molecule has 0 spiro atoms. The molecule has 32 heavy (non-hydrogen) atoms. The van der Waals surface area contributed by atoms with Crippen LogP contribution in [0.15, 0.2) is 42.5 Å². The number of carbonyl (C=O) groups excluding carboxylic acids is 1. The lowest BCUT2D eigenvalue weighted by atomic mass is 9.95. The smallest absolute Gasteiger partial charge is 0.416 e. The van der Waals surface area contributed by atoms with Crippen molar-refractivity contribution in [2.24, 2.45) is 5.92 Å². The maximum absolute atomic E-state index is 12.9. The molecule has 0 bridgehead atoms. The Labute approximate surface area is 183 Å². The van der Waals surface area contributed by atoms with E-state index in [1.165, 1.54) is 0 Å². The van der Waals surface area contributed by atoms with E-state index in [0.717, 1.165) is 23.4 Å². The van der Waals surface area contributed by atoms with Crippen molar-refractivity contribution in [2.45, 2.75) is 25.4 Å². The van der Waals surface area contributed by atoms with E-state index in [4.69, 9.17) is 4.74 Å². The number of nitrogens with one attached hydrogen (secondary N) is 1. The minimum atomic E-state index is -4.65. The molecule has 0 radical (unpaired) electrons. The van der Waals surface area contributed by atoms with E-state index in [1.54, 1.807) is 12.0 Å². The largest absolute Gasteiger partial charge is 0.497 e. The van der Waals surface area contributed by atoms with Crippen molar-refractivity contribution < 1.29 is 27.6 Å². The van der Waals surface area contributed by atoms with Crippen molar-refractivity contribution in [3.8, 4) is 5.75 Å². The van der Waals surface area contributed by atoms with Gasteiger partial charge in [-0.15, -0.1) is 0 Å². The zero-order chi connectivity index (χ0) is 23.3. The third-order valence-electron chi connectivity index (χ3n) is 5.58. The number of amides is 1. The summed E-state index contributed by atoms with van der Waals surface area (Å²) in [5.41, 5.74) is -0.432. The molecule has 1 saturated heterocycles. The van der Waals surface area contributed by atoms with Crippen molar-refractivity contribution >= 4 is 17.3 Å². The van der Waals surface area contributed by atoms with E-state index in [0.29, 0.717) is 45.0 Å². The second kappa shape index (κ2) is 9.88. The monoisotopic (exact) mass is 451 g/mol. The van der Waals surface area contributed by atoms with Gasteiger partial charge in [-0.05, 0) is 49.1 Å². The van der Waals surface area contributed by atoms with Gasteiger partial charge < -0.3 is 15.0 Å². The maximum atomic E-state index is 12.9. The zero-order valence-corrected chi connectivity index (χ0v) is 17.5. The number of piperidine rings is 1. The minimum Gasteiger partial charge on any atom is -0.497 e. The van der Waals surface area contributed by atoms with Gasteiger partial charge in [0.05, 0.1) is 17.6 Å². The number of anilines is 1. The fraction of sp³-hybridized carbons (Fsp3) is 0.409. The summed E-state index contributed by atoms with van der Waals surface area (Å²) in [6.07, 6.45) is -3.05. The van der Waals surface area contributed by atoms with Crippen LogP contribution in [0.25, 0.3) is 0 Å². The highest BCUT2D eigenvalue weighted by molar-refractivity contribution is 5.79. The van der Waals surface area contributed by atoms with Crippen LogP contribution in [-0.4, -0.2) is 37.6 Å². The molecule has 1 aliphatic heterocycles. The summed E-state index contributed by atoms with van der Waals surface area (Å²) < 4.78 is 43.8. The van der Waals surface area contributed by atoms with Crippen molar-refractivity contribution in [1.82, 2.24) is 5.32 Å². The van der Waals surface area contributed by atoms with Gasteiger partial charge in [-0.2, -0.15) is 13.2 Å². The van der Waals surface area contributed by atoms with Crippen LogP contribution in [0, 0.1) is 16.0 Å². The molecular weight excluding hydrogens is 427 g/mol. The van der Waals surface area contributed by atoms with E-state index >= 15 is 0 Å². The normalized spacial score (nSPS) is 14.8. The fourth-order valence-electron chi connectivity index (χ4n) is 3.76. The lowest BCUT2D eigenvalue weighted by molar-refractivity contribution is -0.384. The summed E-state index contributed by atoms with van der Waals surface area (Å²) in [6.45, 7) is 1.18. The molecule has 0 aromatic heterocycles. The number of ether oxygens (including phenoxy) is 1. The van der Waals surface area contributed by atoms with Crippen molar-refractivity contribution in [3.63, 3.8) is 0 Å². The molecule has 10 heteroatoms. The van der Waals surface area contributed by atoms with Gasteiger partial charge in [0.1, 0.15) is 11.4 Å². The average Bonchev–Trinajstić information content (AvgIpc) is 2.78. The summed E-state index contributed by atoms with van der Waals surface area (Å²) >= 11 is 0. The Hall–Kier alpha value is -3.30. The number of hydrogen-bond donors (Lipinski definition) is 1. The average molecular weight is 451 g/mol. The van der Waals surface area contributed by atoms with E-state index in [1.807, 2.05) is 24.3 Å². The Morgan fingerprint density at radius 1 is 1.19 bits per heavy atom. The third-order valence-corrected chi connectivity index (χ3v) is 5.58.